The highest BCUT2D eigenvalue weighted by atomic mass is 16.7. The molecule has 0 spiro atoms. The summed E-state index contributed by atoms with van der Waals surface area (Å²) in [5.74, 6) is 3.51. The molecule has 5 nitrogen and oxygen atoms in total. The standard InChI is InChI=1S/C8H10N2O3.C2H4/c9-8(12,7(11)13-10)6-4-2-1-3-5-6;1-2/h1-5,12H,9-10H2;1-2H2. The second kappa shape index (κ2) is 5.92. The van der Waals surface area contributed by atoms with Gasteiger partial charge in [0.05, 0.1) is 0 Å². The highest BCUT2D eigenvalue weighted by Crippen LogP contribution is 2.15. The van der Waals surface area contributed by atoms with E-state index in [1.807, 2.05) is 0 Å². The molecule has 1 rings (SSSR count). The minimum absolute atomic E-state index is 0.227. The lowest BCUT2D eigenvalue weighted by Gasteiger charge is -2.19. The van der Waals surface area contributed by atoms with E-state index >= 15 is 0 Å². The van der Waals surface area contributed by atoms with Crippen molar-refractivity contribution in [2.24, 2.45) is 11.6 Å². The Morgan fingerprint density at radius 3 is 2.20 bits per heavy atom. The zero-order valence-corrected chi connectivity index (χ0v) is 8.22. The SMILES string of the molecule is C=C.NOC(=O)C(N)(O)c1ccccc1. The van der Waals surface area contributed by atoms with Crippen molar-refractivity contribution in [3.05, 3.63) is 49.1 Å². The molecular weight excluding hydrogens is 196 g/mol. The van der Waals surface area contributed by atoms with Crippen LogP contribution in [0.15, 0.2) is 43.5 Å². The van der Waals surface area contributed by atoms with Crippen LogP contribution in [0.5, 0.6) is 0 Å². The Balaban J connectivity index is 0.000000921. The Kier molecular flexibility index (Phi) is 5.25. The number of hydrogen-bond donors (Lipinski definition) is 3. The summed E-state index contributed by atoms with van der Waals surface area (Å²) in [6, 6.07) is 8.00. The predicted octanol–water partition coefficient (Wildman–Crippen LogP) is 0.00950. The van der Waals surface area contributed by atoms with Gasteiger partial charge in [0.2, 0.25) is 5.72 Å². The molecule has 1 aromatic rings. The Morgan fingerprint density at radius 2 is 1.80 bits per heavy atom. The third kappa shape index (κ3) is 3.17. The van der Waals surface area contributed by atoms with Gasteiger partial charge in [0.25, 0.3) is 0 Å². The fraction of sp³-hybridized carbons (Fsp3) is 0.100. The van der Waals surface area contributed by atoms with E-state index in [1.165, 1.54) is 12.1 Å². The monoisotopic (exact) mass is 210 g/mol. The lowest BCUT2D eigenvalue weighted by Crippen LogP contribution is -2.46. The second-order valence-electron chi connectivity index (χ2n) is 2.54. The molecule has 82 valence electrons. The van der Waals surface area contributed by atoms with E-state index in [0.717, 1.165) is 0 Å². The number of nitrogens with two attached hydrogens (primary N) is 2. The van der Waals surface area contributed by atoms with Crippen LogP contribution in [0.2, 0.25) is 0 Å². The largest absolute Gasteiger partial charge is 0.376 e. The van der Waals surface area contributed by atoms with Gasteiger partial charge in [0, 0.05) is 5.56 Å². The minimum Gasteiger partial charge on any atom is -0.370 e. The van der Waals surface area contributed by atoms with Crippen LogP contribution in [-0.2, 0) is 15.4 Å². The van der Waals surface area contributed by atoms with Crippen molar-refractivity contribution >= 4 is 5.97 Å². The Labute approximate surface area is 87.9 Å². The van der Waals surface area contributed by atoms with Gasteiger partial charge in [-0.05, 0) is 0 Å². The molecule has 1 unspecified atom stereocenters. The van der Waals surface area contributed by atoms with Gasteiger partial charge in [-0.25, -0.2) is 4.79 Å². The first kappa shape index (κ1) is 13.3. The van der Waals surface area contributed by atoms with Crippen molar-refractivity contribution in [3.63, 3.8) is 0 Å². The van der Waals surface area contributed by atoms with E-state index < -0.39 is 11.7 Å². The highest BCUT2D eigenvalue weighted by molar-refractivity contribution is 5.79. The molecule has 0 bridgehead atoms. The maximum absolute atomic E-state index is 10.9. The van der Waals surface area contributed by atoms with Crippen molar-refractivity contribution in [1.29, 1.82) is 0 Å². The summed E-state index contributed by atoms with van der Waals surface area (Å²) in [5, 5.41) is 9.48. The van der Waals surface area contributed by atoms with E-state index in [9.17, 15) is 9.90 Å². The average Bonchev–Trinajstić information content (AvgIpc) is 2.31. The van der Waals surface area contributed by atoms with E-state index in [0.29, 0.717) is 0 Å². The van der Waals surface area contributed by atoms with Crippen LogP contribution in [0, 0.1) is 0 Å². The average molecular weight is 210 g/mol. The van der Waals surface area contributed by atoms with Crippen molar-refractivity contribution in [3.8, 4) is 0 Å². The molecule has 0 aliphatic rings. The molecule has 1 atom stereocenters. The summed E-state index contributed by atoms with van der Waals surface area (Å²) in [4.78, 5) is 14.8. The smallest absolute Gasteiger partial charge is 0.370 e. The van der Waals surface area contributed by atoms with Crippen LogP contribution >= 0.6 is 0 Å². The molecule has 0 aliphatic heterocycles. The van der Waals surface area contributed by atoms with Gasteiger partial charge in [0.1, 0.15) is 0 Å². The fourth-order valence-corrected chi connectivity index (χ4v) is 0.900. The van der Waals surface area contributed by atoms with Crippen LogP contribution in [0.3, 0.4) is 0 Å². The lowest BCUT2D eigenvalue weighted by molar-refractivity contribution is -0.166. The third-order valence-corrected chi connectivity index (χ3v) is 1.63. The molecule has 0 saturated carbocycles. The van der Waals surface area contributed by atoms with Crippen molar-refractivity contribution < 1.29 is 14.7 Å². The number of rotatable bonds is 2. The number of hydrogen-bond acceptors (Lipinski definition) is 5. The Bertz CT molecular complexity index is 312. The molecule has 1 aromatic carbocycles. The molecule has 0 saturated heterocycles. The topological polar surface area (TPSA) is 98.6 Å². The number of carbonyl (C=O) groups is 1. The molecule has 0 radical (unpaired) electrons. The summed E-state index contributed by atoms with van der Waals surface area (Å²) in [6.07, 6.45) is 0. The van der Waals surface area contributed by atoms with Crippen LogP contribution < -0.4 is 11.6 Å². The molecule has 0 heterocycles. The molecule has 0 fully saturated rings. The minimum atomic E-state index is -2.18. The number of aliphatic hydroxyl groups is 1. The summed E-state index contributed by atoms with van der Waals surface area (Å²) < 4.78 is 0. The molecular formula is C10H14N2O3. The number of benzene rings is 1. The fourth-order valence-electron chi connectivity index (χ4n) is 0.900. The highest BCUT2D eigenvalue weighted by Gasteiger charge is 2.34. The summed E-state index contributed by atoms with van der Waals surface area (Å²) in [7, 11) is 0. The maximum atomic E-state index is 10.9. The Hall–Kier alpha value is -1.69. The molecule has 5 heteroatoms. The summed E-state index contributed by atoms with van der Waals surface area (Å²) in [5.41, 5.74) is 3.34. The first-order valence-electron chi connectivity index (χ1n) is 4.07. The van der Waals surface area contributed by atoms with Crippen molar-refractivity contribution in [2.75, 3.05) is 0 Å². The van der Waals surface area contributed by atoms with Gasteiger partial charge >= 0.3 is 5.97 Å². The van der Waals surface area contributed by atoms with Crippen LogP contribution in [0.4, 0.5) is 0 Å². The van der Waals surface area contributed by atoms with Crippen molar-refractivity contribution in [1.82, 2.24) is 0 Å². The normalized spacial score (nSPS) is 13.0. The first-order chi connectivity index (χ1) is 7.09. The first-order valence-corrected chi connectivity index (χ1v) is 4.07. The molecule has 15 heavy (non-hydrogen) atoms. The lowest BCUT2D eigenvalue weighted by atomic mass is 10.0. The number of carbonyl (C=O) groups excluding carboxylic acids is 1. The molecule has 5 N–H and O–H groups in total. The molecule has 0 amide bonds. The van der Waals surface area contributed by atoms with Gasteiger partial charge in [0.15, 0.2) is 0 Å². The quantitative estimate of drug-likeness (QED) is 0.363. The maximum Gasteiger partial charge on any atom is 0.376 e. The van der Waals surface area contributed by atoms with E-state index in [4.69, 9.17) is 5.73 Å². The van der Waals surface area contributed by atoms with Gasteiger partial charge in [-0.3, -0.25) is 5.73 Å². The molecule has 0 aliphatic carbocycles. The van der Waals surface area contributed by atoms with Crippen LogP contribution in [0.25, 0.3) is 0 Å². The Morgan fingerprint density at radius 1 is 1.33 bits per heavy atom. The zero-order valence-electron chi connectivity index (χ0n) is 8.22. The second-order valence-corrected chi connectivity index (χ2v) is 2.54. The summed E-state index contributed by atoms with van der Waals surface area (Å²) >= 11 is 0. The van der Waals surface area contributed by atoms with Crippen molar-refractivity contribution in [2.45, 2.75) is 5.72 Å². The predicted molar refractivity (Wildman–Crippen MR) is 56.1 cm³/mol. The summed E-state index contributed by atoms with van der Waals surface area (Å²) in [6.45, 7) is 6.00. The van der Waals surface area contributed by atoms with Crippen LogP contribution in [0.1, 0.15) is 5.56 Å². The van der Waals surface area contributed by atoms with E-state index in [2.05, 4.69) is 23.9 Å². The third-order valence-electron chi connectivity index (χ3n) is 1.63. The zero-order chi connectivity index (χ0) is 11.9. The van der Waals surface area contributed by atoms with E-state index in [-0.39, 0.29) is 5.56 Å². The van der Waals surface area contributed by atoms with E-state index in [1.54, 1.807) is 18.2 Å². The van der Waals surface area contributed by atoms with Gasteiger partial charge < -0.3 is 9.94 Å². The van der Waals surface area contributed by atoms with Gasteiger partial charge in [-0.15, -0.1) is 13.2 Å². The van der Waals surface area contributed by atoms with Crippen LogP contribution in [-0.4, -0.2) is 11.1 Å². The molecule has 0 aromatic heterocycles. The van der Waals surface area contributed by atoms with Gasteiger partial charge in [-0.1, -0.05) is 30.3 Å². The van der Waals surface area contributed by atoms with Gasteiger partial charge in [-0.2, -0.15) is 5.90 Å².